The van der Waals surface area contributed by atoms with Gasteiger partial charge in [0, 0.05) is 25.6 Å². The molecule has 0 radical (unpaired) electrons. The maximum absolute atomic E-state index is 13.5. The summed E-state index contributed by atoms with van der Waals surface area (Å²) < 4.78 is 61.6. The van der Waals surface area contributed by atoms with Crippen molar-refractivity contribution in [3.05, 3.63) is 77.9 Å². The number of aryl methyl sites for hydroxylation is 2. The molecule has 0 bridgehead atoms. The van der Waals surface area contributed by atoms with Gasteiger partial charge in [-0.2, -0.15) is 4.31 Å². The maximum Gasteiger partial charge on any atom is 0.264 e. The zero-order chi connectivity index (χ0) is 29.1. The van der Waals surface area contributed by atoms with E-state index in [-0.39, 0.29) is 41.0 Å². The Bertz CT molecular complexity index is 1580. The number of benzene rings is 3. The molecular weight excluding hydrogens is 550 g/mol. The minimum Gasteiger partial charge on any atom is -0.495 e. The van der Waals surface area contributed by atoms with E-state index in [1.54, 1.807) is 50.2 Å². The average molecular weight is 586 g/mol. The Morgan fingerprint density at radius 2 is 1.65 bits per heavy atom. The predicted octanol–water partition coefficient (Wildman–Crippen LogP) is 4.57. The molecule has 1 aliphatic heterocycles. The Hall–Kier alpha value is -3.41. The molecule has 0 unspecified atom stereocenters. The van der Waals surface area contributed by atoms with Crippen molar-refractivity contribution in [2.75, 3.05) is 36.4 Å². The second-order valence-electron chi connectivity index (χ2n) is 9.80. The SMILES string of the molecule is CCN(c1ccccc1)S(=O)(=O)c1ccc(OC)c(NC(=O)C2CCN(S(=O)(=O)c3ccc(C)cc3C)CC2)c1. The molecule has 1 aliphatic rings. The normalized spacial score (nSPS) is 15.0. The van der Waals surface area contributed by atoms with Gasteiger partial charge in [0.1, 0.15) is 5.75 Å². The molecule has 0 spiro atoms. The highest BCUT2D eigenvalue weighted by molar-refractivity contribution is 7.92. The summed E-state index contributed by atoms with van der Waals surface area (Å²) in [5.41, 5.74) is 2.45. The molecule has 9 nitrogen and oxygen atoms in total. The van der Waals surface area contributed by atoms with Crippen LogP contribution in [0.5, 0.6) is 5.75 Å². The van der Waals surface area contributed by atoms with Crippen LogP contribution in [0.25, 0.3) is 0 Å². The molecule has 1 heterocycles. The van der Waals surface area contributed by atoms with Gasteiger partial charge in [-0.15, -0.1) is 0 Å². The van der Waals surface area contributed by atoms with Crippen molar-refractivity contribution in [2.24, 2.45) is 5.92 Å². The number of hydrogen-bond acceptors (Lipinski definition) is 6. The first kappa shape index (κ1) is 29.6. The van der Waals surface area contributed by atoms with E-state index in [4.69, 9.17) is 4.74 Å². The number of anilines is 2. The first-order chi connectivity index (χ1) is 19.0. The van der Waals surface area contributed by atoms with Crippen LogP contribution < -0.4 is 14.4 Å². The number of hydrogen-bond donors (Lipinski definition) is 1. The van der Waals surface area contributed by atoms with Crippen LogP contribution in [0.15, 0.2) is 76.5 Å². The second kappa shape index (κ2) is 12.0. The van der Waals surface area contributed by atoms with Crippen LogP contribution in [0.3, 0.4) is 0 Å². The van der Waals surface area contributed by atoms with Crippen molar-refractivity contribution in [3.63, 3.8) is 0 Å². The highest BCUT2D eigenvalue weighted by Gasteiger charge is 2.33. The lowest BCUT2D eigenvalue weighted by Crippen LogP contribution is -2.41. The third-order valence-corrected chi connectivity index (χ3v) is 11.1. The molecule has 1 N–H and O–H groups in total. The summed E-state index contributed by atoms with van der Waals surface area (Å²) in [6.45, 7) is 6.09. The number of amides is 1. The van der Waals surface area contributed by atoms with Gasteiger partial charge in [0.25, 0.3) is 10.0 Å². The lowest BCUT2D eigenvalue weighted by atomic mass is 9.97. The molecule has 214 valence electrons. The van der Waals surface area contributed by atoms with Gasteiger partial charge in [-0.05, 0) is 75.6 Å². The number of carbonyl (C=O) groups excluding carboxylic acids is 1. The zero-order valence-corrected chi connectivity index (χ0v) is 24.8. The van der Waals surface area contributed by atoms with Crippen molar-refractivity contribution in [1.29, 1.82) is 0 Å². The quantitative estimate of drug-likeness (QED) is 0.394. The van der Waals surface area contributed by atoms with E-state index >= 15 is 0 Å². The molecular formula is C29H35N3O6S2. The van der Waals surface area contributed by atoms with Gasteiger partial charge < -0.3 is 10.1 Å². The van der Waals surface area contributed by atoms with Crippen LogP contribution in [-0.2, 0) is 24.8 Å². The van der Waals surface area contributed by atoms with Gasteiger partial charge >= 0.3 is 0 Å². The highest BCUT2D eigenvalue weighted by Crippen LogP contribution is 2.32. The van der Waals surface area contributed by atoms with E-state index in [0.29, 0.717) is 29.8 Å². The molecule has 4 rings (SSSR count). The number of sulfonamides is 2. The van der Waals surface area contributed by atoms with Gasteiger partial charge in [0.15, 0.2) is 0 Å². The topological polar surface area (TPSA) is 113 Å². The summed E-state index contributed by atoms with van der Waals surface area (Å²) in [7, 11) is -6.15. The molecule has 0 aliphatic carbocycles. The molecule has 0 saturated carbocycles. The number of nitrogens with zero attached hydrogens (tertiary/aromatic N) is 2. The number of para-hydroxylation sites is 1. The highest BCUT2D eigenvalue weighted by atomic mass is 32.2. The molecule has 1 amide bonds. The fourth-order valence-electron chi connectivity index (χ4n) is 4.98. The van der Waals surface area contributed by atoms with E-state index in [2.05, 4.69) is 5.32 Å². The second-order valence-corrected chi connectivity index (χ2v) is 13.6. The molecule has 0 atom stereocenters. The summed E-state index contributed by atoms with van der Waals surface area (Å²) in [4.78, 5) is 13.5. The molecule has 1 saturated heterocycles. The number of carbonyl (C=O) groups is 1. The third kappa shape index (κ3) is 6.01. The number of rotatable bonds is 9. The largest absolute Gasteiger partial charge is 0.495 e. The Labute approximate surface area is 236 Å². The average Bonchev–Trinajstić information content (AvgIpc) is 2.93. The minimum atomic E-state index is -3.92. The molecule has 3 aromatic carbocycles. The molecule has 40 heavy (non-hydrogen) atoms. The van der Waals surface area contributed by atoms with Crippen LogP contribution in [-0.4, -0.2) is 53.8 Å². The van der Waals surface area contributed by atoms with Crippen LogP contribution in [0.4, 0.5) is 11.4 Å². The minimum absolute atomic E-state index is 0.0173. The Morgan fingerprint density at radius 3 is 2.25 bits per heavy atom. The van der Waals surface area contributed by atoms with Crippen molar-refractivity contribution in [2.45, 2.75) is 43.4 Å². The van der Waals surface area contributed by atoms with Gasteiger partial charge in [-0.1, -0.05) is 35.9 Å². The van der Waals surface area contributed by atoms with Crippen molar-refractivity contribution < 1.29 is 26.4 Å². The van der Waals surface area contributed by atoms with Gasteiger partial charge in [0.2, 0.25) is 15.9 Å². The zero-order valence-electron chi connectivity index (χ0n) is 23.1. The Morgan fingerprint density at radius 1 is 0.975 bits per heavy atom. The molecule has 0 aromatic heterocycles. The fourth-order valence-corrected chi connectivity index (χ4v) is 8.15. The maximum atomic E-state index is 13.5. The first-order valence-electron chi connectivity index (χ1n) is 13.1. The Kier molecular flexibility index (Phi) is 8.86. The van der Waals surface area contributed by atoms with Crippen molar-refractivity contribution >= 4 is 37.3 Å². The monoisotopic (exact) mass is 585 g/mol. The number of ether oxygens (including phenoxy) is 1. The van der Waals surface area contributed by atoms with E-state index in [1.807, 2.05) is 19.1 Å². The third-order valence-electron chi connectivity index (χ3n) is 7.12. The summed E-state index contributed by atoms with van der Waals surface area (Å²) in [5, 5.41) is 2.83. The van der Waals surface area contributed by atoms with E-state index < -0.39 is 26.0 Å². The number of nitrogens with one attached hydrogen (secondary N) is 1. The fraction of sp³-hybridized carbons (Fsp3) is 0.345. The van der Waals surface area contributed by atoms with E-state index in [1.165, 1.54) is 33.9 Å². The predicted molar refractivity (Wildman–Crippen MR) is 156 cm³/mol. The molecule has 1 fully saturated rings. The number of piperidine rings is 1. The molecule has 3 aromatic rings. The van der Waals surface area contributed by atoms with E-state index in [9.17, 15) is 21.6 Å². The van der Waals surface area contributed by atoms with Gasteiger partial charge in [-0.25, -0.2) is 16.8 Å². The number of methoxy groups -OCH3 is 1. The van der Waals surface area contributed by atoms with Crippen LogP contribution >= 0.6 is 0 Å². The van der Waals surface area contributed by atoms with Crippen LogP contribution in [0, 0.1) is 19.8 Å². The van der Waals surface area contributed by atoms with Gasteiger partial charge in [0.05, 0.1) is 28.3 Å². The first-order valence-corrected chi connectivity index (χ1v) is 16.0. The summed E-state index contributed by atoms with van der Waals surface area (Å²) >= 11 is 0. The van der Waals surface area contributed by atoms with Crippen LogP contribution in [0.1, 0.15) is 30.9 Å². The van der Waals surface area contributed by atoms with Crippen LogP contribution in [0.2, 0.25) is 0 Å². The smallest absolute Gasteiger partial charge is 0.264 e. The van der Waals surface area contributed by atoms with E-state index in [0.717, 1.165) is 5.56 Å². The summed E-state index contributed by atoms with van der Waals surface area (Å²) in [6.07, 6.45) is 0.682. The van der Waals surface area contributed by atoms with Gasteiger partial charge in [-0.3, -0.25) is 9.10 Å². The molecule has 11 heteroatoms. The standard InChI is InChI=1S/C29H35N3O6S2/c1-5-32(24-9-7-6-8-10-24)39(34,35)25-12-13-27(38-4)26(20-25)30-29(33)23-15-17-31(18-16-23)40(36,37)28-14-11-21(2)19-22(28)3/h6-14,19-20,23H,5,15-18H2,1-4H3,(H,30,33). The summed E-state index contributed by atoms with van der Waals surface area (Å²) in [6, 6.07) is 18.4. The Balaban J connectivity index is 1.50. The lowest BCUT2D eigenvalue weighted by molar-refractivity contribution is -0.120. The van der Waals surface area contributed by atoms with Crippen molar-refractivity contribution in [1.82, 2.24) is 4.31 Å². The van der Waals surface area contributed by atoms with Crippen molar-refractivity contribution in [3.8, 4) is 5.75 Å². The lowest BCUT2D eigenvalue weighted by Gasteiger charge is -2.31. The summed E-state index contributed by atoms with van der Waals surface area (Å²) in [5.74, 6) is -0.427.